The molecule has 1 aromatic rings. The number of hydrogen-bond acceptors (Lipinski definition) is 0. The third-order valence-electron chi connectivity index (χ3n) is 5.68. The molecule has 2 aliphatic rings. The van der Waals surface area contributed by atoms with E-state index in [-0.39, 0.29) is 0 Å². The summed E-state index contributed by atoms with van der Waals surface area (Å²) in [7, 11) is 0. The van der Waals surface area contributed by atoms with Crippen LogP contribution >= 0.6 is 0 Å². The van der Waals surface area contributed by atoms with E-state index in [0.29, 0.717) is 5.41 Å². The van der Waals surface area contributed by atoms with Crippen LogP contribution in [0.3, 0.4) is 0 Å². The molecule has 3 rings (SSSR count). The SMILES string of the molecule is C=C(C[C@@H]1CC2CC1C(=C)C2(C)C)c1ccccc1. The molecule has 0 heteroatoms. The van der Waals surface area contributed by atoms with Crippen LogP contribution in [0.25, 0.3) is 5.57 Å². The fraction of sp³-hybridized carbons (Fsp3) is 0.474. The largest absolute Gasteiger partial charge is 0.0990 e. The standard InChI is InChI=1S/C19H24/c1-13(15-8-6-5-7-9-15)10-16-11-17-12-18(16)14(2)19(17,3)4/h5-9,16-18H,1-2,10-12H2,3-4H3/t16-,17?,18?/m1/s1. The minimum absolute atomic E-state index is 0.370. The fourth-order valence-corrected chi connectivity index (χ4v) is 4.21. The molecular weight excluding hydrogens is 228 g/mol. The van der Waals surface area contributed by atoms with Crippen LogP contribution in [0.4, 0.5) is 0 Å². The van der Waals surface area contributed by atoms with Crippen molar-refractivity contribution >= 4 is 5.57 Å². The van der Waals surface area contributed by atoms with Crippen molar-refractivity contribution in [2.75, 3.05) is 0 Å². The summed E-state index contributed by atoms with van der Waals surface area (Å²) >= 11 is 0. The molecule has 2 aliphatic carbocycles. The first-order chi connectivity index (χ1) is 9.00. The molecule has 0 spiro atoms. The smallest absolute Gasteiger partial charge is 0.0116 e. The zero-order valence-electron chi connectivity index (χ0n) is 12.2. The highest BCUT2D eigenvalue weighted by Crippen LogP contribution is 2.62. The van der Waals surface area contributed by atoms with Gasteiger partial charge in [0.05, 0.1) is 0 Å². The molecule has 19 heavy (non-hydrogen) atoms. The summed E-state index contributed by atoms with van der Waals surface area (Å²) in [6.45, 7) is 13.4. The highest BCUT2D eigenvalue weighted by atomic mass is 14.6. The van der Waals surface area contributed by atoms with Gasteiger partial charge in [0.2, 0.25) is 0 Å². The van der Waals surface area contributed by atoms with Gasteiger partial charge in [-0.25, -0.2) is 0 Å². The molecule has 2 fully saturated rings. The van der Waals surface area contributed by atoms with Crippen molar-refractivity contribution in [1.29, 1.82) is 0 Å². The first-order valence-corrected chi connectivity index (χ1v) is 7.42. The molecule has 0 aromatic heterocycles. The lowest BCUT2D eigenvalue weighted by atomic mass is 9.68. The molecule has 0 heterocycles. The molecule has 0 N–H and O–H groups in total. The lowest BCUT2D eigenvalue weighted by molar-refractivity contribution is 0.249. The molecule has 2 saturated carbocycles. The van der Waals surface area contributed by atoms with Gasteiger partial charge in [0, 0.05) is 0 Å². The van der Waals surface area contributed by atoms with Gasteiger partial charge in [-0.1, -0.05) is 62.9 Å². The highest BCUT2D eigenvalue weighted by Gasteiger charge is 2.52. The highest BCUT2D eigenvalue weighted by molar-refractivity contribution is 5.63. The molecule has 100 valence electrons. The topological polar surface area (TPSA) is 0 Å². The van der Waals surface area contributed by atoms with Crippen molar-refractivity contribution in [1.82, 2.24) is 0 Å². The third kappa shape index (κ3) is 1.98. The van der Waals surface area contributed by atoms with E-state index in [0.717, 1.165) is 24.2 Å². The van der Waals surface area contributed by atoms with Crippen molar-refractivity contribution in [3.05, 3.63) is 54.6 Å². The molecule has 0 saturated heterocycles. The average molecular weight is 252 g/mol. The number of benzene rings is 1. The monoisotopic (exact) mass is 252 g/mol. The van der Waals surface area contributed by atoms with E-state index in [2.05, 4.69) is 57.3 Å². The second kappa shape index (κ2) is 4.37. The van der Waals surface area contributed by atoms with Gasteiger partial charge in [-0.05, 0) is 53.6 Å². The Hall–Kier alpha value is -1.30. The van der Waals surface area contributed by atoms with Crippen LogP contribution in [0.1, 0.15) is 38.7 Å². The van der Waals surface area contributed by atoms with Gasteiger partial charge < -0.3 is 0 Å². The number of fused-ring (bicyclic) bond motifs is 2. The van der Waals surface area contributed by atoms with Crippen LogP contribution in [-0.2, 0) is 0 Å². The first-order valence-electron chi connectivity index (χ1n) is 7.42. The Bertz CT molecular complexity index is 506. The summed E-state index contributed by atoms with van der Waals surface area (Å²) < 4.78 is 0. The molecule has 2 bridgehead atoms. The summed E-state index contributed by atoms with van der Waals surface area (Å²) in [4.78, 5) is 0. The molecule has 0 aliphatic heterocycles. The average Bonchev–Trinajstić information content (AvgIpc) is 2.90. The Morgan fingerprint density at radius 2 is 1.89 bits per heavy atom. The maximum atomic E-state index is 4.39. The maximum Gasteiger partial charge on any atom is -0.0116 e. The predicted molar refractivity (Wildman–Crippen MR) is 82.7 cm³/mol. The molecule has 1 aromatic carbocycles. The number of allylic oxidation sites excluding steroid dienone is 2. The minimum atomic E-state index is 0.370. The van der Waals surface area contributed by atoms with E-state index in [1.807, 2.05) is 0 Å². The Morgan fingerprint density at radius 1 is 1.21 bits per heavy atom. The fourth-order valence-electron chi connectivity index (χ4n) is 4.21. The van der Waals surface area contributed by atoms with Crippen LogP contribution < -0.4 is 0 Å². The number of rotatable bonds is 3. The normalized spacial score (nSPS) is 31.7. The quantitative estimate of drug-likeness (QED) is 0.638. The first kappa shape index (κ1) is 12.7. The summed E-state index contributed by atoms with van der Waals surface area (Å²) in [6, 6.07) is 10.6. The molecule has 3 atom stereocenters. The van der Waals surface area contributed by atoms with E-state index in [1.165, 1.54) is 29.6 Å². The van der Waals surface area contributed by atoms with Gasteiger partial charge in [-0.15, -0.1) is 0 Å². The Balaban J connectivity index is 1.71. The van der Waals surface area contributed by atoms with Gasteiger partial charge in [0.1, 0.15) is 0 Å². The number of hydrogen-bond donors (Lipinski definition) is 0. The van der Waals surface area contributed by atoms with Gasteiger partial charge >= 0.3 is 0 Å². The van der Waals surface area contributed by atoms with Gasteiger partial charge in [0.15, 0.2) is 0 Å². The second-order valence-electron chi connectivity index (χ2n) is 6.96. The van der Waals surface area contributed by atoms with Gasteiger partial charge in [-0.3, -0.25) is 0 Å². The van der Waals surface area contributed by atoms with Crippen molar-refractivity contribution in [3.63, 3.8) is 0 Å². The Morgan fingerprint density at radius 3 is 2.47 bits per heavy atom. The summed E-state index contributed by atoms with van der Waals surface area (Å²) in [5.41, 5.74) is 4.46. The third-order valence-corrected chi connectivity index (χ3v) is 5.68. The van der Waals surface area contributed by atoms with Crippen molar-refractivity contribution in [2.24, 2.45) is 23.2 Å². The molecule has 0 amide bonds. The summed E-state index contributed by atoms with van der Waals surface area (Å²) in [5.74, 6) is 2.36. The van der Waals surface area contributed by atoms with Gasteiger partial charge in [-0.2, -0.15) is 0 Å². The zero-order valence-corrected chi connectivity index (χ0v) is 12.2. The molecule has 0 radical (unpaired) electrons. The predicted octanol–water partition coefficient (Wildman–Crippen LogP) is 5.33. The van der Waals surface area contributed by atoms with Crippen molar-refractivity contribution in [2.45, 2.75) is 33.1 Å². The van der Waals surface area contributed by atoms with E-state index < -0.39 is 0 Å². The molecule has 2 unspecified atom stereocenters. The van der Waals surface area contributed by atoms with E-state index >= 15 is 0 Å². The Labute approximate surface area is 117 Å². The lowest BCUT2D eigenvalue weighted by Gasteiger charge is -2.36. The van der Waals surface area contributed by atoms with Crippen LogP contribution in [0.15, 0.2) is 49.1 Å². The van der Waals surface area contributed by atoms with Crippen molar-refractivity contribution < 1.29 is 0 Å². The van der Waals surface area contributed by atoms with E-state index in [4.69, 9.17) is 0 Å². The van der Waals surface area contributed by atoms with Crippen LogP contribution in [0, 0.1) is 23.2 Å². The van der Waals surface area contributed by atoms with E-state index in [9.17, 15) is 0 Å². The van der Waals surface area contributed by atoms with Crippen LogP contribution in [0.5, 0.6) is 0 Å². The van der Waals surface area contributed by atoms with Crippen molar-refractivity contribution in [3.8, 4) is 0 Å². The molecular formula is C19H24. The van der Waals surface area contributed by atoms with Gasteiger partial charge in [0.25, 0.3) is 0 Å². The second-order valence-corrected chi connectivity index (χ2v) is 6.96. The molecule has 0 nitrogen and oxygen atoms in total. The minimum Gasteiger partial charge on any atom is -0.0990 e. The van der Waals surface area contributed by atoms with Crippen LogP contribution in [-0.4, -0.2) is 0 Å². The summed E-state index contributed by atoms with van der Waals surface area (Å²) in [6.07, 6.45) is 3.86. The van der Waals surface area contributed by atoms with Crippen LogP contribution in [0.2, 0.25) is 0 Å². The lowest BCUT2D eigenvalue weighted by Crippen LogP contribution is -2.27. The Kier molecular flexibility index (Phi) is 2.92. The zero-order chi connectivity index (χ0) is 13.6. The van der Waals surface area contributed by atoms with E-state index in [1.54, 1.807) is 0 Å². The summed E-state index contributed by atoms with van der Waals surface area (Å²) in [5, 5.41) is 0. The maximum absolute atomic E-state index is 4.39.